The first kappa shape index (κ1) is 12.6. The Hall–Kier alpha value is -1.45. The first-order chi connectivity index (χ1) is 7.29. The minimum atomic E-state index is -0.972. The third-order valence-electron chi connectivity index (χ3n) is 2.36. The van der Waals surface area contributed by atoms with Crippen LogP contribution in [0.3, 0.4) is 0 Å². The summed E-state index contributed by atoms with van der Waals surface area (Å²) in [6.07, 6.45) is 3.16. The Morgan fingerprint density at radius 2 is 2.06 bits per heavy atom. The van der Waals surface area contributed by atoms with E-state index >= 15 is 0 Å². The molecule has 0 saturated heterocycles. The third kappa shape index (κ3) is 3.61. The number of rotatable bonds is 3. The summed E-state index contributed by atoms with van der Waals surface area (Å²) in [5.41, 5.74) is 0.953. The monoisotopic (exact) mass is 222 g/mol. The lowest BCUT2D eigenvalue weighted by molar-refractivity contribution is 0.0695. The second-order valence-electron chi connectivity index (χ2n) is 5.15. The highest BCUT2D eigenvalue weighted by Crippen LogP contribution is 2.20. The smallest absolute Gasteiger partial charge is 0.339 e. The van der Waals surface area contributed by atoms with Crippen LogP contribution in [0.25, 0.3) is 0 Å². The molecule has 88 valence electrons. The maximum atomic E-state index is 10.8. The molecule has 1 aromatic heterocycles. The number of carboxylic acids is 1. The van der Waals surface area contributed by atoms with Crippen LogP contribution in [0.1, 0.15) is 49.1 Å². The van der Waals surface area contributed by atoms with Crippen molar-refractivity contribution in [2.75, 3.05) is 0 Å². The molecule has 4 nitrogen and oxygen atoms in total. The molecule has 0 aliphatic rings. The number of carboxylic acid groups (broad SMARTS) is 1. The van der Waals surface area contributed by atoms with Gasteiger partial charge in [-0.3, -0.25) is 0 Å². The Morgan fingerprint density at radius 3 is 2.50 bits per heavy atom. The summed E-state index contributed by atoms with van der Waals surface area (Å²) in [6, 6.07) is 0. The Labute approximate surface area is 95.7 Å². The van der Waals surface area contributed by atoms with Crippen LogP contribution >= 0.6 is 0 Å². The maximum absolute atomic E-state index is 10.8. The molecule has 4 heteroatoms. The standard InChI is InChI=1S/C12H18N2O2/c1-8-9(11(15)16)7-13-10(14-8)5-6-12(2,3)4/h7H,5-6H2,1-4H3,(H,15,16). The number of hydrogen-bond donors (Lipinski definition) is 1. The molecular weight excluding hydrogens is 204 g/mol. The topological polar surface area (TPSA) is 63.1 Å². The van der Waals surface area contributed by atoms with Crippen molar-refractivity contribution in [2.24, 2.45) is 5.41 Å². The molecule has 1 rings (SSSR count). The number of aryl methyl sites for hydroxylation is 2. The fourth-order valence-corrected chi connectivity index (χ4v) is 1.33. The van der Waals surface area contributed by atoms with Crippen LogP contribution in [-0.2, 0) is 6.42 Å². The van der Waals surface area contributed by atoms with E-state index in [1.54, 1.807) is 6.92 Å². The number of carbonyl (C=O) groups is 1. The van der Waals surface area contributed by atoms with Gasteiger partial charge in [-0.1, -0.05) is 20.8 Å². The summed E-state index contributed by atoms with van der Waals surface area (Å²) in [5, 5.41) is 8.84. The molecule has 0 aromatic carbocycles. The quantitative estimate of drug-likeness (QED) is 0.853. The van der Waals surface area contributed by atoms with Crippen molar-refractivity contribution in [3.05, 3.63) is 23.3 Å². The van der Waals surface area contributed by atoms with Gasteiger partial charge in [0.15, 0.2) is 0 Å². The molecule has 1 heterocycles. The van der Waals surface area contributed by atoms with Crippen molar-refractivity contribution in [3.63, 3.8) is 0 Å². The van der Waals surface area contributed by atoms with E-state index in [0.29, 0.717) is 5.69 Å². The molecule has 0 amide bonds. The lowest BCUT2D eigenvalue weighted by atomic mass is 9.90. The van der Waals surface area contributed by atoms with Crippen LogP contribution in [-0.4, -0.2) is 21.0 Å². The summed E-state index contributed by atoms with van der Waals surface area (Å²) in [7, 11) is 0. The predicted octanol–water partition coefficient (Wildman–Crippen LogP) is 2.46. The van der Waals surface area contributed by atoms with Crippen molar-refractivity contribution in [1.82, 2.24) is 9.97 Å². The Morgan fingerprint density at radius 1 is 1.44 bits per heavy atom. The maximum Gasteiger partial charge on any atom is 0.339 e. The average Bonchev–Trinajstić information content (AvgIpc) is 2.13. The minimum Gasteiger partial charge on any atom is -0.478 e. The van der Waals surface area contributed by atoms with Crippen LogP contribution in [0.5, 0.6) is 0 Å². The molecule has 1 aromatic rings. The predicted molar refractivity (Wildman–Crippen MR) is 61.5 cm³/mol. The van der Waals surface area contributed by atoms with Gasteiger partial charge in [0.05, 0.1) is 11.3 Å². The largest absolute Gasteiger partial charge is 0.478 e. The van der Waals surface area contributed by atoms with Crippen LogP contribution in [0.2, 0.25) is 0 Å². The van der Waals surface area contributed by atoms with E-state index < -0.39 is 5.97 Å². The number of hydrogen-bond acceptors (Lipinski definition) is 3. The summed E-state index contributed by atoms with van der Waals surface area (Å²) in [5.74, 6) is -0.253. The number of nitrogens with zero attached hydrogens (tertiary/aromatic N) is 2. The summed E-state index contributed by atoms with van der Waals surface area (Å²) in [4.78, 5) is 19.0. The normalized spacial score (nSPS) is 11.5. The van der Waals surface area contributed by atoms with E-state index in [1.165, 1.54) is 6.20 Å². The van der Waals surface area contributed by atoms with Gasteiger partial charge < -0.3 is 5.11 Å². The van der Waals surface area contributed by atoms with Crippen molar-refractivity contribution < 1.29 is 9.90 Å². The minimum absolute atomic E-state index is 0.180. The second kappa shape index (κ2) is 4.60. The molecule has 0 aliphatic heterocycles. The lowest BCUT2D eigenvalue weighted by Crippen LogP contribution is -2.10. The molecule has 0 fully saturated rings. The molecule has 0 atom stereocenters. The highest BCUT2D eigenvalue weighted by atomic mass is 16.4. The van der Waals surface area contributed by atoms with Gasteiger partial charge >= 0.3 is 5.97 Å². The number of aromatic nitrogens is 2. The molecule has 0 saturated carbocycles. The molecule has 0 radical (unpaired) electrons. The van der Waals surface area contributed by atoms with E-state index in [2.05, 4.69) is 30.7 Å². The molecule has 0 bridgehead atoms. The Bertz CT molecular complexity index is 394. The lowest BCUT2D eigenvalue weighted by Gasteiger charge is -2.17. The van der Waals surface area contributed by atoms with E-state index in [9.17, 15) is 4.79 Å². The van der Waals surface area contributed by atoms with Gasteiger partial charge in [-0.2, -0.15) is 0 Å². The van der Waals surface area contributed by atoms with Gasteiger partial charge in [-0.05, 0) is 18.8 Å². The van der Waals surface area contributed by atoms with Gasteiger partial charge in [-0.15, -0.1) is 0 Å². The zero-order valence-corrected chi connectivity index (χ0v) is 10.2. The van der Waals surface area contributed by atoms with Gasteiger partial charge in [-0.25, -0.2) is 14.8 Å². The van der Waals surface area contributed by atoms with Crippen LogP contribution in [0, 0.1) is 12.3 Å². The van der Waals surface area contributed by atoms with E-state index in [4.69, 9.17) is 5.11 Å². The van der Waals surface area contributed by atoms with Gasteiger partial charge in [0.1, 0.15) is 5.82 Å². The number of aromatic carboxylic acids is 1. The van der Waals surface area contributed by atoms with Crippen molar-refractivity contribution in [2.45, 2.75) is 40.5 Å². The second-order valence-corrected chi connectivity index (χ2v) is 5.15. The zero-order valence-electron chi connectivity index (χ0n) is 10.2. The fraction of sp³-hybridized carbons (Fsp3) is 0.583. The first-order valence-corrected chi connectivity index (χ1v) is 5.35. The summed E-state index contributed by atoms with van der Waals surface area (Å²) in [6.45, 7) is 8.17. The van der Waals surface area contributed by atoms with Gasteiger partial charge in [0.25, 0.3) is 0 Å². The molecule has 1 N–H and O–H groups in total. The molecular formula is C12H18N2O2. The highest BCUT2D eigenvalue weighted by molar-refractivity contribution is 5.88. The molecule has 16 heavy (non-hydrogen) atoms. The van der Waals surface area contributed by atoms with Crippen LogP contribution < -0.4 is 0 Å². The SMILES string of the molecule is Cc1nc(CCC(C)(C)C)ncc1C(=O)O. The van der Waals surface area contributed by atoms with E-state index in [-0.39, 0.29) is 11.0 Å². The van der Waals surface area contributed by atoms with Gasteiger partial charge in [0.2, 0.25) is 0 Å². The molecule has 0 spiro atoms. The summed E-state index contributed by atoms with van der Waals surface area (Å²) < 4.78 is 0. The summed E-state index contributed by atoms with van der Waals surface area (Å²) >= 11 is 0. The Balaban J connectivity index is 2.78. The molecule has 0 aliphatic carbocycles. The average molecular weight is 222 g/mol. The van der Waals surface area contributed by atoms with Crippen molar-refractivity contribution >= 4 is 5.97 Å². The van der Waals surface area contributed by atoms with E-state index in [0.717, 1.165) is 18.7 Å². The van der Waals surface area contributed by atoms with Gasteiger partial charge in [0, 0.05) is 12.6 Å². The van der Waals surface area contributed by atoms with Crippen LogP contribution in [0.4, 0.5) is 0 Å². The van der Waals surface area contributed by atoms with E-state index in [1.807, 2.05) is 0 Å². The zero-order chi connectivity index (χ0) is 12.3. The first-order valence-electron chi connectivity index (χ1n) is 5.35. The fourth-order valence-electron chi connectivity index (χ4n) is 1.33. The van der Waals surface area contributed by atoms with Crippen molar-refractivity contribution in [1.29, 1.82) is 0 Å². The molecule has 0 unspecified atom stereocenters. The Kier molecular flexibility index (Phi) is 3.62. The third-order valence-corrected chi connectivity index (χ3v) is 2.36. The highest BCUT2D eigenvalue weighted by Gasteiger charge is 2.13. The van der Waals surface area contributed by atoms with Crippen LogP contribution in [0.15, 0.2) is 6.20 Å². The van der Waals surface area contributed by atoms with Crippen molar-refractivity contribution in [3.8, 4) is 0 Å².